The van der Waals surface area contributed by atoms with E-state index in [0.717, 1.165) is 14.7 Å². The Balaban J connectivity index is 2.30. The summed E-state index contributed by atoms with van der Waals surface area (Å²) in [5.41, 5.74) is 2.39. The van der Waals surface area contributed by atoms with Crippen molar-refractivity contribution in [3.8, 4) is 0 Å². The fourth-order valence-electron chi connectivity index (χ4n) is 0.957. The van der Waals surface area contributed by atoms with E-state index >= 15 is 0 Å². The predicted molar refractivity (Wildman–Crippen MR) is 62.7 cm³/mol. The molecule has 0 aliphatic heterocycles. The van der Waals surface area contributed by atoms with Gasteiger partial charge in [-0.25, -0.2) is 25.5 Å². The number of nitrogens with one attached hydrogen (secondary N) is 1. The number of rotatable bonds is 3. The first-order valence-electron chi connectivity index (χ1n) is 4.21. The number of anilines is 1. The van der Waals surface area contributed by atoms with Crippen molar-refractivity contribution in [2.75, 3.05) is 5.43 Å². The topological polar surface area (TPSA) is 94.5 Å². The molecule has 0 bridgehead atoms. The Morgan fingerprint density at radius 3 is 2.94 bits per heavy atom. The molecule has 16 heavy (non-hydrogen) atoms. The van der Waals surface area contributed by atoms with Crippen LogP contribution in [0.3, 0.4) is 0 Å². The number of aryl methyl sites for hydroxylation is 1. The van der Waals surface area contributed by atoms with Gasteiger partial charge >= 0.3 is 0 Å². The van der Waals surface area contributed by atoms with Crippen LogP contribution in [-0.4, -0.2) is 24.7 Å². The largest absolute Gasteiger partial charge is 0.292 e. The van der Waals surface area contributed by atoms with Crippen molar-refractivity contribution in [1.82, 2.24) is 24.7 Å². The minimum absolute atomic E-state index is 0.355. The first kappa shape index (κ1) is 11.3. The van der Waals surface area contributed by atoms with Crippen molar-refractivity contribution in [3.63, 3.8) is 0 Å². The number of hydrazine groups is 1. The van der Waals surface area contributed by atoms with Gasteiger partial charge in [0.15, 0.2) is 5.16 Å². The van der Waals surface area contributed by atoms with Gasteiger partial charge in [-0.05, 0) is 27.7 Å². The molecule has 0 radical (unpaired) electrons. The van der Waals surface area contributed by atoms with Gasteiger partial charge in [-0.3, -0.25) is 5.43 Å². The Morgan fingerprint density at radius 2 is 2.31 bits per heavy atom. The third-order valence-corrected chi connectivity index (χ3v) is 3.60. The van der Waals surface area contributed by atoms with Gasteiger partial charge in [0.05, 0.1) is 4.47 Å². The van der Waals surface area contributed by atoms with Crippen LogP contribution in [-0.2, 0) is 7.05 Å². The molecule has 3 N–H and O–H groups in total. The fourth-order valence-corrected chi connectivity index (χ4v) is 2.13. The number of hydrogen-bond acceptors (Lipinski definition) is 7. The summed E-state index contributed by atoms with van der Waals surface area (Å²) in [6.07, 6.45) is 3.11. The summed E-state index contributed by atoms with van der Waals surface area (Å²) in [5.74, 6) is 5.59. The van der Waals surface area contributed by atoms with Crippen molar-refractivity contribution < 1.29 is 0 Å². The number of nitrogens with two attached hydrogens (primary N) is 1. The van der Waals surface area contributed by atoms with Crippen LogP contribution < -0.4 is 11.3 Å². The van der Waals surface area contributed by atoms with Crippen LogP contribution in [0.5, 0.6) is 0 Å². The maximum Gasteiger partial charge on any atom is 0.238 e. The highest BCUT2D eigenvalue weighted by Gasteiger charge is 2.10. The summed E-state index contributed by atoms with van der Waals surface area (Å²) in [6.45, 7) is 0. The molecule has 0 amide bonds. The van der Waals surface area contributed by atoms with Crippen LogP contribution >= 0.6 is 27.7 Å². The Bertz CT molecular complexity index is 499. The second-order valence-corrected chi connectivity index (χ2v) is 4.57. The Labute approximate surface area is 104 Å². The molecule has 0 atom stereocenters. The molecule has 7 nitrogen and oxygen atoms in total. The van der Waals surface area contributed by atoms with Gasteiger partial charge in [-0.1, -0.05) is 0 Å². The van der Waals surface area contributed by atoms with Crippen molar-refractivity contribution in [2.24, 2.45) is 12.9 Å². The van der Waals surface area contributed by atoms with E-state index in [4.69, 9.17) is 5.84 Å². The molecule has 2 aromatic rings. The van der Waals surface area contributed by atoms with Crippen LogP contribution in [0.4, 0.5) is 5.95 Å². The monoisotopic (exact) mass is 301 g/mol. The molecular weight excluding hydrogens is 294 g/mol. The lowest BCUT2D eigenvalue weighted by molar-refractivity contribution is 0.684. The fraction of sp³-hybridized carbons (Fsp3) is 0.143. The van der Waals surface area contributed by atoms with Crippen LogP contribution in [0.25, 0.3) is 0 Å². The third-order valence-electron chi connectivity index (χ3n) is 1.70. The molecule has 0 aliphatic carbocycles. The van der Waals surface area contributed by atoms with E-state index in [2.05, 4.69) is 41.4 Å². The van der Waals surface area contributed by atoms with Gasteiger partial charge in [0, 0.05) is 13.2 Å². The number of halogens is 1. The number of nitrogens with zero attached hydrogens (tertiary/aromatic N) is 5. The number of aromatic nitrogens is 5. The molecule has 2 heterocycles. The maximum absolute atomic E-state index is 5.24. The van der Waals surface area contributed by atoms with E-state index in [0.29, 0.717) is 5.95 Å². The molecule has 0 saturated heterocycles. The van der Waals surface area contributed by atoms with Crippen molar-refractivity contribution in [3.05, 3.63) is 17.0 Å². The van der Waals surface area contributed by atoms with Gasteiger partial charge in [0.25, 0.3) is 0 Å². The highest BCUT2D eigenvalue weighted by Crippen LogP contribution is 2.30. The van der Waals surface area contributed by atoms with Gasteiger partial charge in [-0.15, -0.1) is 0 Å². The summed E-state index contributed by atoms with van der Waals surface area (Å²) in [7, 11) is 1.81. The van der Waals surface area contributed by atoms with Gasteiger partial charge in [-0.2, -0.15) is 5.10 Å². The standard InChI is InChI=1S/C7H8BrN7S/c1-15-7(11-3-12-15)16-5-4(8)2-10-6(13-5)14-9/h2-3H,9H2,1H3,(H,10,13,14). The molecular formula is C7H8BrN7S. The summed E-state index contributed by atoms with van der Waals surface area (Å²) in [6, 6.07) is 0. The minimum atomic E-state index is 0.355. The van der Waals surface area contributed by atoms with E-state index < -0.39 is 0 Å². The summed E-state index contributed by atoms with van der Waals surface area (Å²) in [5, 5.41) is 5.43. The zero-order valence-corrected chi connectivity index (χ0v) is 10.7. The summed E-state index contributed by atoms with van der Waals surface area (Å²) >= 11 is 4.73. The van der Waals surface area contributed by atoms with Crippen LogP contribution in [0.1, 0.15) is 0 Å². The minimum Gasteiger partial charge on any atom is -0.292 e. The average Bonchev–Trinajstić information content (AvgIpc) is 2.68. The van der Waals surface area contributed by atoms with Gasteiger partial charge < -0.3 is 0 Å². The molecule has 0 aromatic carbocycles. The zero-order valence-electron chi connectivity index (χ0n) is 8.25. The van der Waals surface area contributed by atoms with Crippen LogP contribution in [0.2, 0.25) is 0 Å². The Hall–Kier alpha value is -1.19. The van der Waals surface area contributed by atoms with Crippen molar-refractivity contribution in [2.45, 2.75) is 10.2 Å². The smallest absolute Gasteiger partial charge is 0.238 e. The molecule has 0 unspecified atom stereocenters. The SMILES string of the molecule is Cn1ncnc1Sc1nc(NN)ncc1Br. The van der Waals surface area contributed by atoms with Gasteiger partial charge in [0.2, 0.25) is 5.95 Å². The lowest BCUT2D eigenvalue weighted by atomic mass is 10.7. The lowest BCUT2D eigenvalue weighted by Crippen LogP contribution is -2.10. The average molecular weight is 302 g/mol. The van der Waals surface area contributed by atoms with Crippen molar-refractivity contribution in [1.29, 1.82) is 0 Å². The molecule has 0 saturated carbocycles. The van der Waals surface area contributed by atoms with E-state index in [1.54, 1.807) is 10.9 Å². The first-order chi connectivity index (χ1) is 7.70. The molecule has 9 heteroatoms. The van der Waals surface area contributed by atoms with Crippen LogP contribution in [0, 0.1) is 0 Å². The summed E-state index contributed by atoms with van der Waals surface area (Å²) in [4.78, 5) is 12.2. The molecule has 2 rings (SSSR count). The van der Waals surface area contributed by atoms with Crippen molar-refractivity contribution >= 4 is 33.6 Å². The van der Waals surface area contributed by atoms with Crippen LogP contribution in [0.15, 0.2) is 27.2 Å². The van der Waals surface area contributed by atoms with E-state index in [1.165, 1.54) is 18.1 Å². The lowest BCUT2D eigenvalue weighted by Gasteiger charge is -2.04. The second-order valence-electron chi connectivity index (χ2n) is 2.76. The molecule has 0 aliphatic rings. The third kappa shape index (κ3) is 2.31. The number of hydrogen-bond donors (Lipinski definition) is 2. The molecule has 84 valence electrons. The maximum atomic E-state index is 5.24. The highest BCUT2D eigenvalue weighted by molar-refractivity contribution is 9.10. The summed E-state index contributed by atoms with van der Waals surface area (Å²) < 4.78 is 2.44. The van der Waals surface area contributed by atoms with E-state index in [-0.39, 0.29) is 0 Å². The molecule has 0 spiro atoms. The molecule has 2 aromatic heterocycles. The number of nitrogen functional groups attached to an aromatic ring is 1. The Kier molecular flexibility index (Phi) is 3.36. The first-order valence-corrected chi connectivity index (χ1v) is 5.82. The van der Waals surface area contributed by atoms with Gasteiger partial charge in [0.1, 0.15) is 11.4 Å². The normalized spacial score (nSPS) is 10.4. The Morgan fingerprint density at radius 1 is 1.50 bits per heavy atom. The zero-order chi connectivity index (χ0) is 11.5. The quantitative estimate of drug-likeness (QED) is 0.492. The van der Waals surface area contributed by atoms with E-state index in [9.17, 15) is 0 Å². The van der Waals surface area contributed by atoms with E-state index in [1.807, 2.05) is 7.05 Å². The molecule has 0 fully saturated rings. The predicted octanol–water partition coefficient (Wildman–Crippen LogP) is 0.804. The highest BCUT2D eigenvalue weighted by atomic mass is 79.9. The second kappa shape index (κ2) is 4.76.